The van der Waals surface area contributed by atoms with Crippen molar-refractivity contribution in [3.8, 4) is 11.5 Å². The number of aliphatic hydroxyl groups is 1. The lowest BCUT2D eigenvalue weighted by atomic mass is 10.1. The van der Waals surface area contributed by atoms with Crippen LogP contribution >= 0.6 is 0 Å². The molecule has 0 atom stereocenters. The molecule has 0 radical (unpaired) electrons. The van der Waals surface area contributed by atoms with E-state index >= 15 is 0 Å². The highest BCUT2D eigenvalue weighted by atomic mass is 19.1. The summed E-state index contributed by atoms with van der Waals surface area (Å²) in [5.41, 5.74) is 0.891. The van der Waals surface area contributed by atoms with Gasteiger partial charge in [-0.1, -0.05) is 18.2 Å². The van der Waals surface area contributed by atoms with E-state index in [0.29, 0.717) is 16.9 Å². The predicted octanol–water partition coefficient (Wildman–Crippen LogP) is 3.33. The minimum absolute atomic E-state index is 0.124. The number of nitrogens with zero attached hydrogens (tertiary/aromatic N) is 1. The molecule has 0 spiro atoms. The van der Waals surface area contributed by atoms with Gasteiger partial charge in [0.05, 0.1) is 11.5 Å². The van der Waals surface area contributed by atoms with Crippen molar-refractivity contribution in [1.29, 1.82) is 0 Å². The third-order valence-corrected chi connectivity index (χ3v) is 2.78. The summed E-state index contributed by atoms with van der Waals surface area (Å²) < 4.78 is 19.0. The molecule has 0 aliphatic carbocycles. The van der Waals surface area contributed by atoms with Gasteiger partial charge in [0.25, 0.3) is 0 Å². The second kappa shape index (κ2) is 5.66. The molecule has 0 unspecified atom stereocenters. The number of para-hydroxylation sites is 1. The SMILES string of the molecule is Cc1cc(CO)ccc1Oc1c(F)cccc1[N+](=O)[O-]. The summed E-state index contributed by atoms with van der Waals surface area (Å²) >= 11 is 0. The van der Waals surface area contributed by atoms with Crippen LogP contribution in [-0.4, -0.2) is 10.0 Å². The Bertz CT molecular complexity index is 658. The molecule has 104 valence electrons. The molecule has 0 bridgehead atoms. The number of benzene rings is 2. The number of rotatable bonds is 4. The van der Waals surface area contributed by atoms with Crippen molar-refractivity contribution in [3.63, 3.8) is 0 Å². The molecule has 0 aromatic heterocycles. The van der Waals surface area contributed by atoms with Gasteiger partial charge in [-0.05, 0) is 30.2 Å². The van der Waals surface area contributed by atoms with E-state index < -0.39 is 22.2 Å². The monoisotopic (exact) mass is 277 g/mol. The Balaban J connectivity index is 2.42. The fourth-order valence-electron chi connectivity index (χ4n) is 1.78. The molecule has 0 saturated carbocycles. The number of nitro groups is 1. The van der Waals surface area contributed by atoms with Crippen LogP contribution in [0.15, 0.2) is 36.4 Å². The number of hydrogen-bond acceptors (Lipinski definition) is 4. The molecule has 0 aliphatic heterocycles. The quantitative estimate of drug-likeness (QED) is 0.687. The van der Waals surface area contributed by atoms with E-state index in [0.717, 1.165) is 6.07 Å². The summed E-state index contributed by atoms with van der Waals surface area (Å²) in [5.74, 6) is -0.919. The number of aliphatic hydroxyl groups excluding tert-OH is 1. The molecule has 0 aliphatic rings. The van der Waals surface area contributed by atoms with Crippen molar-refractivity contribution >= 4 is 5.69 Å². The molecular formula is C14H12FNO4. The highest BCUT2D eigenvalue weighted by Crippen LogP contribution is 2.35. The fraction of sp³-hybridized carbons (Fsp3) is 0.143. The van der Waals surface area contributed by atoms with Crippen LogP contribution in [0.5, 0.6) is 11.5 Å². The van der Waals surface area contributed by atoms with Crippen LogP contribution in [0.2, 0.25) is 0 Å². The van der Waals surface area contributed by atoms with Gasteiger partial charge < -0.3 is 9.84 Å². The fourth-order valence-corrected chi connectivity index (χ4v) is 1.78. The molecule has 0 saturated heterocycles. The Hall–Kier alpha value is -2.47. The second-order valence-corrected chi connectivity index (χ2v) is 4.21. The van der Waals surface area contributed by atoms with E-state index in [4.69, 9.17) is 9.84 Å². The van der Waals surface area contributed by atoms with Crippen molar-refractivity contribution in [1.82, 2.24) is 0 Å². The Morgan fingerprint density at radius 2 is 2.10 bits per heavy atom. The van der Waals surface area contributed by atoms with E-state index in [-0.39, 0.29) is 6.61 Å². The minimum atomic E-state index is -0.801. The molecular weight excluding hydrogens is 265 g/mol. The topological polar surface area (TPSA) is 72.6 Å². The lowest BCUT2D eigenvalue weighted by Gasteiger charge is -2.10. The zero-order valence-corrected chi connectivity index (χ0v) is 10.7. The molecule has 5 nitrogen and oxygen atoms in total. The Kier molecular flexibility index (Phi) is 3.95. The molecule has 2 aromatic rings. The Morgan fingerprint density at radius 1 is 1.35 bits per heavy atom. The average Bonchev–Trinajstić information content (AvgIpc) is 2.42. The molecule has 0 fully saturated rings. The van der Waals surface area contributed by atoms with Gasteiger partial charge in [0.1, 0.15) is 5.75 Å². The lowest BCUT2D eigenvalue weighted by molar-refractivity contribution is -0.385. The van der Waals surface area contributed by atoms with Crippen molar-refractivity contribution in [2.24, 2.45) is 0 Å². The smallest absolute Gasteiger partial charge is 0.314 e. The van der Waals surface area contributed by atoms with Crippen molar-refractivity contribution < 1.29 is 19.2 Å². The summed E-state index contributed by atoms with van der Waals surface area (Å²) in [6, 6.07) is 8.34. The largest absolute Gasteiger partial charge is 0.447 e. The van der Waals surface area contributed by atoms with Crippen LogP contribution in [0.1, 0.15) is 11.1 Å². The van der Waals surface area contributed by atoms with Crippen molar-refractivity contribution in [2.75, 3.05) is 0 Å². The summed E-state index contributed by atoms with van der Waals surface area (Å²) in [7, 11) is 0. The predicted molar refractivity (Wildman–Crippen MR) is 70.2 cm³/mol. The minimum Gasteiger partial charge on any atom is -0.447 e. The van der Waals surface area contributed by atoms with Crippen LogP contribution in [0.25, 0.3) is 0 Å². The van der Waals surface area contributed by atoms with Crippen molar-refractivity contribution in [3.05, 3.63) is 63.5 Å². The molecule has 20 heavy (non-hydrogen) atoms. The third kappa shape index (κ3) is 2.75. The molecule has 2 aromatic carbocycles. The first kappa shape index (κ1) is 14.0. The standard InChI is InChI=1S/C14H12FNO4/c1-9-7-10(8-17)5-6-13(9)20-14-11(15)3-2-4-12(14)16(18)19/h2-7,17H,8H2,1H3. The van der Waals surface area contributed by atoms with Crippen LogP contribution in [0.3, 0.4) is 0 Å². The number of halogens is 1. The van der Waals surface area contributed by atoms with E-state index in [9.17, 15) is 14.5 Å². The molecule has 2 rings (SSSR count). The Morgan fingerprint density at radius 3 is 2.70 bits per heavy atom. The molecule has 6 heteroatoms. The number of hydrogen-bond donors (Lipinski definition) is 1. The van der Waals surface area contributed by atoms with E-state index in [1.165, 1.54) is 18.2 Å². The molecule has 0 heterocycles. The lowest BCUT2D eigenvalue weighted by Crippen LogP contribution is -1.97. The highest BCUT2D eigenvalue weighted by Gasteiger charge is 2.20. The number of ether oxygens (including phenoxy) is 1. The zero-order chi connectivity index (χ0) is 14.7. The van der Waals surface area contributed by atoms with Gasteiger partial charge in [-0.2, -0.15) is 0 Å². The molecule has 0 amide bonds. The summed E-state index contributed by atoms with van der Waals surface area (Å²) in [6.45, 7) is 1.59. The van der Waals surface area contributed by atoms with Gasteiger partial charge in [0, 0.05) is 6.07 Å². The van der Waals surface area contributed by atoms with Crippen LogP contribution in [0, 0.1) is 22.9 Å². The van der Waals surface area contributed by atoms with Crippen LogP contribution in [-0.2, 0) is 6.61 Å². The summed E-state index contributed by atoms with van der Waals surface area (Å²) in [6.07, 6.45) is 0. The molecule has 1 N–H and O–H groups in total. The van der Waals surface area contributed by atoms with Gasteiger partial charge in [-0.15, -0.1) is 0 Å². The Labute approximate surface area is 114 Å². The van der Waals surface area contributed by atoms with E-state index in [1.807, 2.05) is 0 Å². The van der Waals surface area contributed by atoms with Crippen molar-refractivity contribution in [2.45, 2.75) is 13.5 Å². The normalized spacial score (nSPS) is 10.3. The third-order valence-electron chi connectivity index (χ3n) is 2.78. The van der Waals surface area contributed by atoms with Gasteiger partial charge in [-0.3, -0.25) is 10.1 Å². The highest BCUT2D eigenvalue weighted by molar-refractivity contribution is 5.50. The first-order valence-electron chi connectivity index (χ1n) is 5.84. The maximum atomic E-state index is 13.7. The van der Waals surface area contributed by atoms with E-state index in [1.54, 1.807) is 19.1 Å². The first-order chi connectivity index (χ1) is 9.52. The maximum Gasteiger partial charge on any atom is 0.314 e. The van der Waals surface area contributed by atoms with Gasteiger partial charge in [-0.25, -0.2) is 4.39 Å². The van der Waals surface area contributed by atoms with Gasteiger partial charge >= 0.3 is 5.69 Å². The first-order valence-corrected chi connectivity index (χ1v) is 5.84. The number of aryl methyl sites for hydroxylation is 1. The van der Waals surface area contributed by atoms with Crippen LogP contribution < -0.4 is 4.74 Å². The number of nitro benzene ring substituents is 1. The zero-order valence-electron chi connectivity index (χ0n) is 10.7. The summed E-state index contributed by atoms with van der Waals surface area (Å²) in [4.78, 5) is 10.2. The van der Waals surface area contributed by atoms with Crippen LogP contribution in [0.4, 0.5) is 10.1 Å². The average molecular weight is 277 g/mol. The summed E-state index contributed by atoms with van der Waals surface area (Å²) in [5, 5.41) is 19.9. The van der Waals surface area contributed by atoms with E-state index in [2.05, 4.69) is 0 Å². The maximum absolute atomic E-state index is 13.7. The van der Waals surface area contributed by atoms with Gasteiger partial charge in [0.2, 0.25) is 5.75 Å². The van der Waals surface area contributed by atoms with Gasteiger partial charge in [0.15, 0.2) is 5.82 Å². The second-order valence-electron chi connectivity index (χ2n) is 4.21.